The molecular weight excluding hydrogens is 314 g/mol. The van der Waals surface area contributed by atoms with Crippen LogP contribution in [0, 0.1) is 5.92 Å². The number of ether oxygens (including phenoxy) is 1. The van der Waals surface area contributed by atoms with Crippen LogP contribution in [0.4, 0.5) is 5.69 Å². The van der Waals surface area contributed by atoms with E-state index in [9.17, 15) is 0 Å². The van der Waals surface area contributed by atoms with E-state index in [0.717, 1.165) is 22.5 Å². The summed E-state index contributed by atoms with van der Waals surface area (Å²) in [6.45, 7) is 5.92. The fraction of sp³-hybridized carbons (Fsp3) is 0.294. The molecule has 3 heteroatoms. The molecule has 0 atom stereocenters. The summed E-state index contributed by atoms with van der Waals surface area (Å²) in [6, 6.07) is 16.3. The molecule has 0 aliphatic carbocycles. The maximum absolute atomic E-state index is 5.85. The van der Waals surface area contributed by atoms with Crippen LogP contribution in [0.2, 0.25) is 0 Å². The van der Waals surface area contributed by atoms with E-state index in [1.807, 2.05) is 30.3 Å². The van der Waals surface area contributed by atoms with Crippen molar-refractivity contribution in [1.29, 1.82) is 0 Å². The Hall–Kier alpha value is -1.48. The maximum atomic E-state index is 5.85. The number of halogens is 1. The summed E-state index contributed by atoms with van der Waals surface area (Å²) in [5.74, 6) is 1.48. The first-order valence-corrected chi connectivity index (χ1v) is 7.64. The molecule has 0 aliphatic heterocycles. The molecule has 0 amide bonds. The molecule has 2 aromatic carbocycles. The summed E-state index contributed by atoms with van der Waals surface area (Å²) in [6.07, 6.45) is 0. The third kappa shape index (κ3) is 4.89. The van der Waals surface area contributed by atoms with Crippen LogP contribution in [0.3, 0.4) is 0 Å². The van der Waals surface area contributed by atoms with Gasteiger partial charge in [-0.1, -0.05) is 60.1 Å². The van der Waals surface area contributed by atoms with Gasteiger partial charge in [-0.3, -0.25) is 0 Å². The van der Waals surface area contributed by atoms with E-state index < -0.39 is 0 Å². The van der Waals surface area contributed by atoms with Gasteiger partial charge in [-0.25, -0.2) is 0 Å². The van der Waals surface area contributed by atoms with Crippen LogP contribution >= 0.6 is 15.9 Å². The fourth-order valence-corrected chi connectivity index (χ4v) is 2.28. The first kappa shape index (κ1) is 14.9. The minimum Gasteiger partial charge on any atom is -0.489 e. The highest BCUT2D eigenvalue weighted by molar-refractivity contribution is 9.10. The van der Waals surface area contributed by atoms with Crippen molar-refractivity contribution >= 4 is 21.6 Å². The number of benzene rings is 2. The zero-order chi connectivity index (χ0) is 14.4. The largest absolute Gasteiger partial charge is 0.489 e. The average Bonchev–Trinajstić information content (AvgIpc) is 2.44. The molecule has 2 nitrogen and oxygen atoms in total. The second kappa shape index (κ2) is 7.34. The molecule has 0 radical (unpaired) electrons. The van der Waals surface area contributed by atoms with Gasteiger partial charge in [0, 0.05) is 22.8 Å². The molecule has 106 valence electrons. The van der Waals surface area contributed by atoms with Crippen molar-refractivity contribution in [2.45, 2.75) is 20.5 Å². The monoisotopic (exact) mass is 333 g/mol. The van der Waals surface area contributed by atoms with Crippen LogP contribution in [0.1, 0.15) is 19.4 Å². The predicted octanol–water partition coefficient (Wildman–Crippen LogP) is 5.10. The summed E-state index contributed by atoms with van der Waals surface area (Å²) in [4.78, 5) is 0. The highest BCUT2D eigenvalue weighted by Gasteiger charge is 2.02. The van der Waals surface area contributed by atoms with Gasteiger partial charge in [0.2, 0.25) is 0 Å². The molecular formula is C17H20BrNO. The zero-order valence-corrected chi connectivity index (χ0v) is 13.5. The molecule has 20 heavy (non-hydrogen) atoms. The van der Waals surface area contributed by atoms with Gasteiger partial charge in [0.05, 0.1) is 0 Å². The summed E-state index contributed by atoms with van der Waals surface area (Å²) in [5.41, 5.74) is 2.25. The third-order valence-corrected chi connectivity index (χ3v) is 3.29. The first-order chi connectivity index (χ1) is 9.63. The van der Waals surface area contributed by atoms with Gasteiger partial charge in [-0.15, -0.1) is 0 Å². The van der Waals surface area contributed by atoms with Crippen LogP contribution in [0.15, 0.2) is 53.0 Å². The fourth-order valence-electron chi connectivity index (χ4n) is 1.81. The minimum atomic E-state index is 0.584. The lowest BCUT2D eigenvalue weighted by Crippen LogP contribution is -2.08. The lowest BCUT2D eigenvalue weighted by molar-refractivity contribution is 0.306. The van der Waals surface area contributed by atoms with Crippen LogP contribution in [0.25, 0.3) is 0 Å². The molecule has 0 spiro atoms. The summed E-state index contributed by atoms with van der Waals surface area (Å²) in [5, 5.41) is 3.41. The molecule has 1 N–H and O–H groups in total. The van der Waals surface area contributed by atoms with E-state index in [-0.39, 0.29) is 0 Å². The minimum absolute atomic E-state index is 0.584. The predicted molar refractivity (Wildman–Crippen MR) is 88.2 cm³/mol. The SMILES string of the molecule is CC(C)CNc1cc(Br)cc(OCc2ccccc2)c1. The normalized spacial score (nSPS) is 10.6. The molecule has 0 saturated heterocycles. The zero-order valence-electron chi connectivity index (χ0n) is 11.9. The highest BCUT2D eigenvalue weighted by Crippen LogP contribution is 2.25. The van der Waals surface area contributed by atoms with Crippen molar-refractivity contribution in [2.24, 2.45) is 5.92 Å². The van der Waals surface area contributed by atoms with Gasteiger partial charge in [0.15, 0.2) is 0 Å². The van der Waals surface area contributed by atoms with Crippen molar-refractivity contribution in [1.82, 2.24) is 0 Å². The van der Waals surface area contributed by atoms with Gasteiger partial charge < -0.3 is 10.1 Å². The van der Waals surface area contributed by atoms with Gasteiger partial charge >= 0.3 is 0 Å². The number of nitrogens with one attached hydrogen (secondary N) is 1. The topological polar surface area (TPSA) is 21.3 Å². The number of anilines is 1. The van der Waals surface area contributed by atoms with Crippen molar-refractivity contribution in [3.05, 3.63) is 58.6 Å². The van der Waals surface area contributed by atoms with Crippen LogP contribution in [-0.4, -0.2) is 6.54 Å². The van der Waals surface area contributed by atoms with Gasteiger partial charge in [-0.2, -0.15) is 0 Å². The molecule has 2 aromatic rings. The van der Waals surface area contributed by atoms with Crippen LogP contribution < -0.4 is 10.1 Å². The van der Waals surface area contributed by atoms with Crippen molar-refractivity contribution in [3.63, 3.8) is 0 Å². The smallest absolute Gasteiger partial charge is 0.122 e. The van der Waals surface area contributed by atoms with Crippen LogP contribution in [-0.2, 0) is 6.61 Å². The van der Waals surface area contributed by atoms with Crippen molar-refractivity contribution < 1.29 is 4.74 Å². The van der Waals surface area contributed by atoms with Crippen LogP contribution in [0.5, 0.6) is 5.75 Å². The van der Waals surface area contributed by atoms with Gasteiger partial charge in [-0.05, 0) is 23.6 Å². The Morgan fingerprint density at radius 2 is 1.85 bits per heavy atom. The number of hydrogen-bond donors (Lipinski definition) is 1. The van der Waals surface area contributed by atoms with Gasteiger partial charge in [0.25, 0.3) is 0 Å². The molecule has 0 heterocycles. The quantitative estimate of drug-likeness (QED) is 0.794. The Morgan fingerprint density at radius 3 is 2.55 bits per heavy atom. The Morgan fingerprint density at radius 1 is 1.10 bits per heavy atom. The Kier molecular flexibility index (Phi) is 5.48. The number of rotatable bonds is 6. The van der Waals surface area contributed by atoms with E-state index in [4.69, 9.17) is 4.74 Å². The van der Waals surface area contributed by atoms with Crippen molar-refractivity contribution in [3.8, 4) is 5.75 Å². The molecule has 0 aliphatic rings. The molecule has 0 bridgehead atoms. The average molecular weight is 334 g/mol. The second-order valence-electron chi connectivity index (χ2n) is 5.22. The van der Waals surface area contributed by atoms with Crippen molar-refractivity contribution in [2.75, 3.05) is 11.9 Å². The number of hydrogen-bond acceptors (Lipinski definition) is 2. The molecule has 0 fully saturated rings. The summed E-state index contributed by atoms with van der Waals surface area (Å²) < 4.78 is 6.87. The van der Waals surface area contributed by atoms with E-state index in [2.05, 4.69) is 53.3 Å². The molecule has 0 saturated carbocycles. The van der Waals surface area contributed by atoms with E-state index in [1.165, 1.54) is 5.56 Å². The van der Waals surface area contributed by atoms with E-state index in [0.29, 0.717) is 12.5 Å². The van der Waals surface area contributed by atoms with E-state index in [1.54, 1.807) is 0 Å². The lowest BCUT2D eigenvalue weighted by atomic mass is 10.2. The first-order valence-electron chi connectivity index (χ1n) is 6.84. The van der Waals surface area contributed by atoms with E-state index >= 15 is 0 Å². The molecule has 0 unspecified atom stereocenters. The molecule has 0 aromatic heterocycles. The Balaban J connectivity index is 2.00. The molecule has 2 rings (SSSR count). The Bertz CT molecular complexity index is 540. The maximum Gasteiger partial charge on any atom is 0.122 e. The third-order valence-electron chi connectivity index (χ3n) is 2.83. The highest BCUT2D eigenvalue weighted by atomic mass is 79.9. The lowest BCUT2D eigenvalue weighted by Gasteiger charge is -2.12. The summed E-state index contributed by atoms with van der Waals surface area (Å²) >= 11 is 3.53. The van der Waals surface area contributed by atoms with Gasteiger partial charge in [0.1, 0.15) is 12.4 Å². The Labute approximate surface area is 129 Å². The second-order valence-corrected chi connectivity index (χ2v) is 6.14. The standard InChI is InChI=1S/C17H20BrNO/c1-13(2)11-19-16-8-15(18)9-17(10-16)20-12-14-6-4-3-5-7-14/h3-10,13,19H,11-12H2,1-2H3. The summed E-state index contributed by atoms with van der Waals surface area (Å²) in [7, 11) is 0.